The van der Waals surface area contributed by atoms with E-state index in [2.05, 4.69) is 36.2 Å². The monoisotopic (exact) mass is 482 g/mol. The maximum absolute atomic E-state index is 12.9. The van der Waals surface area contributed by atoms with Crippen LogP contribution < -0.4 is 10.0 Å². The second-order valence-corrected chi connectivity index (χ2v) is 9.30. The fourth-order valence-corrected chi connectivity index (χ4v) is 4.31. The predicted octanol–water partition coefficient (Wildman–Crippen LogP) is 3.89. The van der Waals surface area contributed by atoms with Crippen molar-refractivity contribution in [2.45, 2.75) is 4.90 Å². The quantitative estimate of drug-likeness (QED) is 0.518. The zero-order valence-electron chi connectivity index (χ0n) is 14.0. The van der Waals surface area contributed by atoms with Crippen molar-refractivity contribution in [3.8, 4) is 0 Å². The van der Waals surface area contributed by atoms with Crippen LogP contribution in [0.1, 0.15) is 5.56 Å². The molecular weight excluding hydrogens is 471 g/mol. The van der Waals surface area contributed by atoms with Gasteiger partial charge in [-0.1, -0.05) is 23.5 Å². The van der Waals surface area contributed by atoms with Gasteiger partial charge in [-0.15, -0.1) is 10.2 Å². The summed E-state index contributed by atoms with van der Waals surface area (Å²) in [5.74, 6) is -0.762. The molecule has 0 unspecified atom stereocenters. The van der Waals surface area contributed by atoms with Crippen molar-refractivity contribution < 1.29 is 17.6 Å². The van der Waals surface area contributed by atoms with E-state index in [0.29, 0.717) is 15.2 Å². The van der Waals surface area contributed by atoms with Crippen molar-refractivity contribution in [1.82, 2.24) is 10.2 Å². The van der Waals surface area contributed by atoms with Gasteiger partial charge in [-0.05, 0) is 64.0 Å². The van der Waals surface area contributed by atoms with Crippen molar-refractivity contribution in [3.63, 3.8) is 0 Å². The highest BCUT2D eigenvalue weighted by molar-refractivity contribution is 9.11. The van der Waals surface area contributed by atoms with Crippen LogP contribution in [0.25, 0.3) is 6.08 Å². The largest absolute Gasteiger partial charge is 0.323 e. The Labute approximate surface area is 172 Å². The van der Waals surface area contributed by atoms with Crippen molar-refractivity contribution in [3.05, 3.63) is 69.9 Å². The number of aromatic nitrogens is 2. The number of rotatable bonds is 6. The molecule has 1 heterocycles. The molecular formula is C17H12BrFN4O3S2. The molecule has 28 heavy (non-hydrogen) atoms. The molecule has 0 aliphatic rings. The summed E-state index contributed by atoms with van der Waals surface area (Å²) in [6.45, 7) is 0. The molecule has 1 amide bonds. The first-order valence-corrected chi connectivity index (χ1v) is 10.8. The van der Waals surface area contributed by atoms with Crippen molar-refractivity contribution >= 4 is 60.1 Å². The molecule has 0 aliphatic heterocycles. The van der Waals surface area contributed by atoms with Crippen LogP contribution in [-0.2, 0) is 14.8 Å². The lowest BCUT2D eigenvalue weighted by molar-refractivity contribution is -0.111. The first kappa shape index (κ1) is 20.1. The number of carbonyl (C=O) groups is 1. The second-order valence-electron chi connectivity index (χ2n) is 5.36. The van der Waals surface area contributed by atoms with E-state index in [1.807, 2.05) is 0 Å². The molecule has 0 atom stereocenters. The van der Waals surface area contributed by atoms with Crippen molar-refractivity contribution in [2.75, 3.05) is 10.0 Å². The number of hydrogen-bond acceptors (Lipinski definition) is 6. The van der Waals surface area contributed by atoms with E-state index in [0.717, 1.165) is 11.3 Å². The third-order valence-electron chi connectivity index (χ3n) is 3.35. The first-order valence-electron chi connectivity index (χ1n) is 7.68. The highest BCUT2D eigenvalue weighted by Gasteiger charge is 2.16. The molecule has 0 saturated carbocycles. The number of benzene rings is 2. The van der Waals surface area contributed by atoms with Crippen LogP contribution in [0, 0.1) is 5.82 Å². The van der Waals surface area contributed by atoms with Crippen LogP contribution >= 0.6 is 27.3 Å². The van der Waals surface area contributed by atoms with Crippen LogP contribution in [0.3, 0.4) is 0 Å². The zero-order chi connectivity index (χ0) is 20.1. The fourth-order valence-electron chi connectivity index (χ4n) is 2.07. The first-order chi connectivity index (χ1) is 13.3. The summed E-state index contributed by atoms with van der Waals surface area (Å²) >= 11 is 4.15. The van der Waals surface area contributed by atoms with E-state index in [9.17, 15) is 17.6 Å². The number of amides is 1. The lowest BCUT2D eigenvalue weighted by atomic mass is 10.2. The Morgan fingerprint density at radius 1 is 1.07 bits per heavy atom. The summed E-state index contributed by atoms with van der Waals surface area (Å²) in [6, 6.07) is 11.3. The topological polar surface area (TPSA) is 101 Å². The number of halogens is 2. The molecule has 2 aromatic carbocycles. The van der Waals surface area contributed by atoms with Gasteiger partial charge >= 0.3 is 0 Å². The van der Waals surface area contributed by atoms with Gasteiger partial charge in [-0.3, -0.25) is 9.52 Å². The van der Waals surface area contributed by atoms with Gasteiger partial charge in [-0.2, -0.15) is 0 Å². The average molecular weight is 483 g/mol. The highest BCUT2D eigenvalue weighted by atomic mass is 79.9. The van der Waals surface area contributed by atoms with E-state index < -0.39 is 15.9 Å². The normalized spacial score (nSPS) is 11.5. The SMILES string of the molecule is O=C(/C=C/c1ccc(F)cc1)Nc1ccc(S(=O)(=O)Nc2nnc(Br)s2)cc1. The molecule has 0 fully saturated rings. The van der Waals surface area contributed by atoms with E-state index >= 15 is 0 Å². The third kappa shape index (κ3) is 5.44. The number of sulfonamides is 1. The van der Waals surface area contributed by atoms with Gasteiger partial charge in [0.15, 0.2) is 3.92 Å². The Kier molecular flexibility index (Phi) is 6.17. The van der Waals surface area contributed by atoms with Crippen LogP contribution in [0.2, 0.25) is 0 Å². The molecule has 1 aromatic heterocycles. The zero-order valence-corrected chi connectivity index (χ0v) is 17.2. The number of hydrogen-bond donors (Lipinski definition) is 2. The number of anilines is 2. The van der Waals surface area contributed by atoms with Crippen molar-refractivity contribution in [1.29, 1.82) is 0 Å². The summed E-state index contributed by atoms with van der Waals surface area (Å²) in [5, 5.41) is 10.1. The molecule has 7 nitrogen and oxygen atoms in total. The summed E-state index contributed by atoms with van der Waals surface area (Å²) in [5.41, 5.74) is 1.10. The maximum atomic E-state index is 12.9. The van der Waals surface area contributed by atoms with E-state index in [1.165, 1.54) is 48.6 Å². The molecule has 0 bridgehead atoms. The van der Waals surface area contributed by atoms with Gasteiger partial charge in [0.2, 0.25) is 11.0 Å². The van der Waals surface area contributed by atoms with Crippen LogP contribution in [0.4, 0.5) is 15.2 Å². The molecule has 0 saturated heterocycles. The Bertz CT molecular complexity index is 1110. The summed E-state index contributed by atoms with van der Waals surface area (Å²) in [6.07, 6.45) is 2.84. The van der Waals surface area contributed by atoms with E-state index in [1.54, 1.807) is 12.1 Å². The van der Waals surface area contributed by atoms with Gasteiger partial charge in [0.1, 0.15) is 5.82 Å². The Balaban J connectivity index is 1.63. The third-order valence-corrected chi connectivity index (χ3v) is 6.11. The van der Waals surface area contributed by atoms with Gasteiger partial charge in [0.25, 0.3) is 10.0 Å². The number of carbonyl (C=O) groups excluding carboxylic acids is 1. The van der Waals surface area contributed by atoms with Crippen LogP contribution in [0.5, 0.6) is 0 Å². The molecule has 3 rings (SSSR count). The Morgan fingerprint density at radius 2 is 1.75 bits per heavy atom. The molecule has 3 aromatic rings. The lowest BCUT2D eigenvalue weighted by Crippen LogP contribution is -2.13. The minimum Gasteiger partial charge on any atom is -0.323 e. The molecule has 0 aliphatic carbocycles. The number of nitrogens with one attached hydrogen (secondary N) is 2. The summed E-state index contributed by atoms with van der Waals surface area (Å²) in [7, 11) is -3.82. The highest BCUT2D eigenvalue weighted by Crippen LogP contribution is 2.23. The van der Waals surface area contributed by atoms with Gasteiger partial charge in [0, 0.05) is 11.8 Å². The standard InChI is InChI=1S/C17H12BrFN4O3S2/c18-16-21-22-17(27-16)23-28(25,26)14-8-6-13(7-9-14)20-15(24)10-3-11-1-4-12(19)5-2-11/h1-10H,(H,20,24)(H,22,23)/b10-3+. The summed E-state index contributed by atoms with van der Waals surface area (Å²) < 4.78 is 40.3. The van der Waals surface area contributed by atoms with Gasteiger partial charge in [-0.25, -0.2) is 12.8 Å². The lowest BCUT2D eigenvalue weighted by Gasteiger charge is -2.06. The minimum absolute atomic E-state index is 0.0127. The van der Waals surface area contributed by atoms with E-state index in [4.69, 9.17) is 0 Å². The average Bonchev–Trinajstić information content (AvgIpc) is 3.06. The molecule has 11 heteroatoms. The van der Waals surface area contributed by atoms with Gasteiger partial charge < -0.3 is 5.32 Å². The molecule has 2 N–H and O–H groups in total. The smallest absolute Gasteiger partial charge is 0.263 e. The Hall–Kier alpha value is -2.63. The van der Waals surface area contributed by atoms with Gasteiger partial charge in [0.05, 0.1) is 4.90 Å². The predicted molar refractivity (Wildman–Crippen MR) is 109 cm³/mol. The van der Waals surface area contributed by atoms with Crippen LogP contribution in [0.15, 0.2) is 63.4 Å². The maximum Gasteiger partial charge on any atom is 0.263 e. The molecule has 0 radical (unpaired) electrons. The Morgan fingerprint density at radius 3 is 2.36 bits per heavy atom. The summed E-state index contributed by atoms with van der Waals surface area (Å²) in [4.78, 5) is 12.0. The number of nitrogens with zero attached hydrogens (tertiary/aromatic N) is 2. The molecule has 0 spiro atoms. The van der Waals surface area contributed by atoms with E-state index in [-0.39, 0.29) is 15.8 Å². The minimum atomic E-state index is -3.82. The second kappa shape index (κ2) is 8.59. The molecule has 144 valence electrons. The fraction of sp³-hybridized carbons (Fsp3) is 0. The van der Waals surface area contributed by atoms with Crippen LogP contribution in [-0.4, -0.2) is 24.5 Å². The van der Waals surface area contributed by atoms with Crippen molar-refractivity contribution in [2.24, 2.45) is 0 Å².